The highest BCUT2D eigenvalue weighted by Gasteiger charge is 2.30. The number of esters is 4. The molecule has 3 unspecified atom stereocenters. The van der Waals surface area contributed by atoms with Crippen molar-refractivity contribution in [3.8, 4) is 0 Å². The van der Waals surface area contributed by atoms with Crippen LogP contribution in [0.2, 0.25) is 0 Å². The van der Waals surface area contributed by atoms with Gasteiger partial charge in [0.1, 0.15) is 19.3 Å². The van der Waals surface area contributed by atoms with E-state index in [4.69, 9.17) is 37.0 Å². The van der Waals surface area contributed by atoms with E-state index in [0.29, 0.717) is 37.5 Å². The summed E-state index contributed by atoms with van der Waals surface area (Å²) >= 11 is 0. The molecule has 0 spiro atoms. The minimum Gasteiger partial charge on any atom is -0.462 e. The van der Waals surface area contributed by atoms with Crippen LogP contribution in [0.25, 0.3) is 0 Å². The molecule has 0 amide bonds. The monoisotopic (exact) mass is 1240 g/mol. The van der Waals surface area contributed by atoms with Crippen molar-refractivity contribution in [1.82, 2.24) is 0 Å². The van der Waals surface area contributed by atoms with E-state index in [1.165, 1.54) is 77.0 Å². The van der Waals surface area contributed by atoms with Crippen molar-refractivity contribution >= 4 is 39.5 Å². The third-order valence-electron chi connectivity index (χ3n) is 14.6. The third kappa shape index (κ3) is 57.3. The fourth-order valence-corrected chi connectivity index (χ4v) is 10.7. The van der Waals surface area contributed by atoms with Crippen LogP contribution in [0.15, 0.2) is 24.3 Å². The van der Waals surface area contributed by atoms with Gasteiger partial charge in [-0.05, 0) is 69.1 Å². The van der Waals surface area contributed by atoms with E-state index < -0.39 is 97.5 Å². The number of unbranched alkanes of at least 4 members (excludes halogenated alkanes) is 25. The molecule has 0 aromatic carbocycles. The average Bonchev–Trinajstić information content (AvgIpc) is 3.50. The van der Waals surface area contributed by atoms with Crippen LogP contribution >= 0.6 is 15.6 Å². The molecule has 0 aromatic rings. The van der Waals surface area contributed by atoms with Crippen LogP contribution in [-0.2, 0) is 65.4 Å². The molecule has 0 saturated heterocycles. The largest absolute Gasteiger partial charge is 0.472 e. The number of allylic oxidation sites excluding steroid dienone is 4. The minimum absolute atomic E-state index is 0.0954. The molecule has 0 saturated carbocycles. The van der Waals surface area contributed by atoms with Crippen molar-refractivity contribution in [1.29, 1.82) is 0 Å². The number of hydrogen-bond acceptors (Lipinski definition) is 15. The molecule has 0 aliphatic carbocycles. The summed E-state index contributed by atoms with van der Waals surface area (Å²) in [6, 6.07) is 0. The Morgan fingerprint density at radius 1 is 0.393 bits per heavy atom. The minimum atomic E-state index is -4.95. The second kappa shape index (κ2) is 55.8. The lowest BCUT2D eigenvalue weighted by Crippen LogP contribution is -2.30. The normalized spacial score (nSPS) is 14.9. The van der Waals surface area contributed by atoms with Crippen molar-refractivity contribution < 1.29 is 80.2 Å². The second-order valence-electron chi connectivity index (χ2n) is 24.0. The summed E-state index contributed by atoms with van der Waals surface area (Å²) in [5.41, 5.74) is 0. The molecule has 17 nitrogen and oxygen atoms in total. The van der Waals surface area contributed by atoms with Crippen LogP contribution in [0.4, 0.5) is 0 Å². The molecule has 0 aromatic heterocycles. The van der Waals surface area contributed by atoms with E-state index in [-0.39, 0.29) is 25.7 Å². The van der Waals surface area contributed by atoms with Gasteiger partial charge in [0, 0.05) is 25.7 Å². The number of carbonyl (C=O) groups excluding carboxylic acids is 4. The lowest BCUT2D eigenvalue weighted by Gasteiger charge is -2.21. The van der Waals surface area contributed by atoms with Gasteiger partial charge in [0.05, 0.1) is 26.4 Å². The highest BCUT2D eigenvalue weighted by atomic mass is 31.2. The van der Waals surface area contributed by atoms with Crippen LogP contribution in [0.1, 0.15) is 292 Å². The van der Waals surface area contributed by atoms with Crippen LogP contribution in [0, 0.1) is 17.8 Å². The summed E-state index contributed by atoms with van der Waals surface area (Å²) in [6.07, 6.45) is 40.1. The summed E-state index contributed by atoms with van der Waals surface area (Å²) in [5, 5.41) is 10.5. The van der Waals surface area contributed by atoms with E-state index in [1.54, 1.807) is 0 Å². The van der Waals surface area contributed by atoms with E-state index in [1.807, 2.05) is 0 Å². The molecular weight excluding hydrogens is 1110 g/mol. The molecular formula is C65H122O17P2. The van der Waals surface area contributed by atoms with Gasteiger partial charge in [-0.3, -0.25) is 37.3 Å². The van der Waals surface area contributed by atoms with Gasteiger partial charge in [0.25, 0.3) is 0 Å². The molecule has 0 aliphatic heterocycles. The standard InChI is InChI=1S/C65H122O17P2/c1-8-10-11-12-13-14-15-16-17-18-19-20-23-32-39-46-62(67)75-52-61(82-65(70)49-42-35-28-26-31-38-45-58(7)9-2)55-80-84(73,74)78-51-59(66)50-77-83(71,72)79-54-60(53-76-63(68)47-40-33-27-25-30-37-44-57(5)6)81-64(69)48-41-34-24-21-22-29-36-43-56(3)4/h14-17,56-61,66H,8-13,18-55H2,1-7H3,(H,71,72)(H,73,74)/b15-14-,17-16-/t58?,59-,60+,61+/m0/s1. The zero-order valence-electron chi connectivity index (χ0n) is 53.8. The van der Waals surface area contributed by atoms with Crippen molar-refractivity contribution in [3.05, 3.63) is 24.3 Å². The molecule has 3 N–H and O–H groups in total. The van der Waals surface area contributed by atoms with Crippen molar-refractivity contribution in [3.63, 3.8) is 0 Å². The van der Waals surface area contributed by atoms with Gasteiger partial charge in [-0.15, -0.1) is 0 Å². The van der Waals surface area contributed by atoms with Gasteiger partial charge in [-0.25, -0.2) is 9.13 Å². The number of aliphatic hydroxyl groups excluding tert-OH is 1. The fraction of sp³-hybridized carbons (Fsp3) is 0.877. The smallest absolute Gasteiger partial charge is 0.462 e. The van der Waals surface area contributed by atoms with Crippen molar-refractivity contribution in [2.24, 2.45) is 17.8 Å². The maximum absolute atomic E-state index is 13.0. The van der Waals surface area contributed by atoms with Crippen LogP contribution in [0.5, 0.6) is 0 Å². The Labute approximate surface area is 510 Å². The maximum atomic E-state index is 13.0. The fourth-order valence-electron chi connectivity index (χ4n) is 9.08. The molecule has 6 atom stereocenters. The number of ether oxygens (including phenoxy) is 4. The number of phosphoric ester groups is 2. The Bertz CT molecular complexity index is 1760. The van der Waals surface area contributed by atoms with Crippen LogP contribution in [0.3, 0.4) is 0 Å². The zero-order chi connectivity index (χ0) is 62.4. The predicted molar refractivity (Wildman–Crippen MR) is 335 cm³/mol. The molecule has 0 rings (SSSR count). The van der Waals surface area contributed by atoms with E-state index in [2.05, 4.69) is 72.8 Å². The van der Waals surface area contributed by atoms with Gasteiger partial charge in [0.15, 0.2) is 12.2 Å². The Hall–Kier alpha value is -2.46. The first-order valence-corrected chi connectivity index (χ1v) is 36.2. The summed E-state index contributed by atoms with van der Waals surface area (Å²) in [7, 11) is -9.90. The quantitative estimate of drug-likeness (QED) is 0.0169. The van der Waals surface area contributed by atoms with E-state index in [0.717, 1.165) is 121 Å². The van der Waals surface area contributed by atoms with Crippen LogP contribution < -0.4 is 0 Å². The second-order valence-corrected chi connectivity index (χ2v) is 26.9. The lowest BCUT2D eigenvalue weighted by atomic mass is 10.00. The van der Waals surface area contributed by atoms with Gasteiger partial charge in [-0.1, -0.05) is 240 Å². The Morgan fingerprint density at radius 2 is 0.702 bits per heavy atom. The van der Waals surface area contributed by atoms with Crippen LogP contribution in [-0.4, -0.2) is 96.7 Å². The van der Waals surface area contributed by atoms with E-state index >= 15 is 0 Å². The summed E-state index contributed by atoms with van der Waals surface area (Å²) in [4.78, 5) is 72.2. The van der Waals surface area contributed by atoms with E-state index in [9.17, 15) is 43.2 Å². The molecule has 0 bridgehead atoms. The molecule has 19 heteroatoms. The number of phosphoric acid groups is 2. The summed E-state index contributed by atoms with van der Waals surface area (Å²) in [6.45, 7) is 11.5. The first-order valence-electron chi connectivity index (χ1n) is 33.2. The third-order valence-corrected chi connectivity index (χ3v) is 16.5. The molecule has 0 fully saturated rings. The zero-order valence-corrected chi connectivity index (χ0v) is 55.6. The highest BCUT2D eigenvalue weighted by molar-refractivity contribution is 7.47. The number of hydrogen-bond donors (Lipinski definition) is 3. The maximum Gasteiger partial charge on any atom is 0.472 e. The Morgan fingerprint density at radius 3 is 1.06 bits per heavy atom. The Balaban J connectivity index is 5.26. The van der Waals surface area contributed by atoms with Crippen molar-refractivity contribution in [2.45, 2.75) is 311 Å². The molecule has 0 radical (unpaired) electrons. The molecule has 0 heterocycles. The highest BCUT2D eigenvalue weighted by Crippen LogP contribution is 2.45. The SMILES string of the molecule is CCCCCC/C=C\C=C/CCCCCCCC(=O)OC[C@H](COP(=O)(O)OC[C@@H](O)COP(=O)(O)OC[C@@H](COC(=O)CCCCCCCCC(C)C)OC(=O)CCCCCCCCCC(C)C)OC(=O)CCCCCCCCC(C)CC. The first-order chi connectivity index (χ1) is 40.3. The molecule has 84 heavy (non-hydrogen) atoms. The number of carbonyl (C=O) groups is 4. The van der Waals surface area contributed by atoms with Crippen molar-refractivity contribution in [2.75, 3.05) is 39.6 Å². The molecule has 0 aliphatic rings. The lowest BCUT2D eigenvalue weighted by molar-refractivity contribution is -0.161. The summed E-state index contributed by atoms with van der Waals surface area (Å²) in [5.74, 6) is -0.0834. The summed E-state index contributed by atoms with van der Waals surface area (Å²) < 4.78 is 67.9. The predicted octanol–water partition coefficient (Wildman–Crippen LogP) is 17.4. The number of rotatable bonds is 61. The van der Waals surface area contributed by atoms with Gasteiger partial charge in [-0.2, -0.15) is 0 Å². The Kier molecular flexibility index (Phi) is 54.2. The first kappa shape index (κ1) is 81.5. The van der Waals surface area contributed by atoms with Gasteiger partial charge < -0.3 is 33.8 Å². The van der Waals surface area contributed by atoms with Gasteiger partial charge >= 0.3 is 39.5 Å². The number of aliphatic hydroxyl groups is 1. The molecule has 494 valence electrons. The van der Waals surface area contributed by atoms with Gasteiger partial charge in [0.2, 0.25) is 0 Å². The average molecular weight is 1240 g/mol. The topological polar surface area (TPSA) is 237 Å².